The Balaban J connectivity index is 1.32. The maximum atomic E-state index is 13.4. The molecule has 180 valence electrons. The number of likely N-dealkylation sites (tertiary alicyclic amines) is 1. The maximum absolute atomic E-state index is 13.4. The monoisotopic (exact) mass is 481 g/mol. The zero-order valence-corrected chi connectivity index (χ0v) is 20.0. The number of hydrogen-bond donors (Lipinski definition) is 1. The van der Waals surface area contributed by atoms with E-state index in [1.807, 2.05) is 29.2 Å². The fourth-order valence-electron chi connectivity index (χ4n) is 5.57. The Morgan fingerprint density at radius 1 is 1.06 bits per heavy atom. The minimum Gasteiger partial charge on any atom is -0.368 e. The molecule has 0 radical (unpaired) electrons. The van der Waals surface area contributed by atoms with Crippen molar-refractivity contribution in [1.82, 2.24) is 13.9 Å². The smallest absolute Gasteiger partial charge is 0.279 e. The molecule has 3 saturated heterocycles. The number of nitrogens with one attached hydrogen (secondary N) is 1. The van der Waals surface area contributed by atoms with E-state index in [-0.39, 0.29) is 29.5 Å². The van der Waals surface area contributed by atoms with Crippen molar-refractivity contribution in [3.05, 3.63) is 60.2 Å². The molecule has 7 nitrogen and oxygen atoms in total. The van der Waals surface area contributed by atoms with Crippen LogP contribution in [0.15, 0.2) is 54.6 Å². The van der Waals surface area contributed by atoms with E-state index in [0.29, 0.717) is 32.7 Å². The van der Waals surface area contributed by atoms with Gasteiger partial charge in [-0.05, 0) is 42.4 Å². The molecule has 3 heterocycles. The molecule has 6 rings (SSSR count). The van der Waals surface area contributed by atoms with Gasteiger partial charge >= 0.3 is 0 Å². The first kappa shape index (κ1) is 22.2. The van der Waals surface area contributed by atoms with Gasteiger partial charge in [0.1, 0.15) is 6.10 Å². The van der Waals surface area contributed by atoms with Gasteiger partial charge in [-0.1, -0.05) is 54.6 Å². The van der Waals surface area contributed by atoms with Gasteiger partial charge in [0.05, 0.1) is 18.7 Å². The maximum Gasteiger partial charge on any atom is 0.279 e. The molecule has 0 bridgehead atoms. The average Bonchev–Trinajstić information content (AvgIpc) is 3.47. The van der Waals surface area contributed by atoms with Crippen molar-refractivity contribution in [3.63, 3.8) is 0 Å². The predicted molar refractivity (Wildman–Crippen MR) is 129 cm³/mol. The first-order valence-corrected chi connectivity index (χ1v) is 13.7. The molecule has 2 aromatic carbocycles. The number of rotatable bonds is 7. The normalized spacial score (nSPS) is 27.9. The average molecular weight is 482 g/mol. The molecule has 1 saturated carbocycles. The lowest BCUT2D eigenvalue weighted by Crippen LogP contribution is -2.57. The van der Waals surface area contributed by atoms with Gasteiger partial charge in [-0.15, -0.1) is 0 Å². The number of carbonyl (C=O) groups is 1. The molecule has 1 N–H and O–H groups in total. The summed E-state index contributed by atoms with van der Waals surface area (Å²) in [5.41, 5.74) is 3.19. The second-order valence-electron chi connectivity index (χ2n) is 10.2. The summed E-state index contributed by atoms with van der Waals surface area (Å²) in [7, 11) is -3.56. The van der Waals surface area contributed by atoms with Gasteiger partial charge in [-0.25, -0.2) is 0 Å². The lowest BCUT2D eigenvalue weighted by molar-refractivity contribution is -0.157. The summed E-state index contributed by atoms with van der Waals surface area (Å²) >= 11 is 0. The highest BCUT2D eigenvalue weighted by Crippen LogP contribution is 2.56. The van der Waals surface area contributed by atoms with Crippen LogP contribution in [0, 0.1) is 5.41 Å². The zero-order valence-electron chi connectivity index (χ0n) is 19.2. The van der Waals surface area contributed by atoms with Crippen molar-refractivity contribution in [1.29, 1.82) is 0 Å². The van der Waals surface area contributed by atoms with Crippen LogP contribution >= 0.6 is 0 Å². The highest BCUT2D eigenvalue weighted by Gasteiger charge is 2.62. The summed E-state index contributed by atoms with van der Waals surface area (Å²) in [5, 5.41) is 0. The summed E-state index contributed by atoms with van der Waals surface area (Å²) in [4.78, 5) is 15.3. The van der Waals surface area contributed by atoms with Crippen molar-refractivity contribution >= 4 is 16.1 Å². The third-order valence-corrected chi connectivity index (χ3v) is 9.59. The van der Waals surface area contributed by atoms with Crippen LogP contribution in [0.1, 0.15) is 31.2 Å². The fraction of sp³-hybridized carbons (Fsp3) is 0.500. The molecule has 0 unspecified atom stereocenters. The van der Waals surface area contributed by atoms with Crippen LogP contribution in [0.3, 0.4) is 0 Å². The SMILES string of the molecule is O=C([C@H]1CCO1)N1CC2(CC2)[C@H](NS(=O)(=O)N2CCC2)[C@@H]1Cc1cccc(-c2ccccc2)c1. The molecule has 3 atom stereocenters. The van der Waals surface area contributed by atoms with Crippen molar-refractivity contribution < 1.29 is 17.9 Å². The first-order chi connectivity index (χ1) is 16.5. The van der Waals surface area contributed by atoms with E-state index in [0.717, 1.165) is 42.4 Å². The van der Waals surface area contributed by atoms with Gasteiger partial charge in [0.25, 0.3) is 16.1 Å². The summed E-state index contributed by atoms with van der Waals surface area (Å²) in [5.74, 6) is 0.00684. The van der Waals surface area contributed by atoms with Crippen LogP contribution in [0.5, 0.6) is 0 Å². The van der Waals surface area contributed by atoms with Crippen LogP contribution in [0.2, 0.25) is 0 Å². The van der Waals surface area contributed by atoms with E-state index < -0.39 is 10.2 Å². The second-order valence-corrected chi connectivity index (χ2v) is 11.9. The zero-order chi connectivity index (χ0) is 23.3. The molecular formula is C26H31N3O4S. The molecule has 1 aliphatic carbocycles. The van der Waals surface area contributed by atoms with Crippen LogP contribution in [-0.4, -0.2) is 68.0 Å². The van der Waals surface area contributed by atoms with E-state index in [1.165, 1.54) is 4.31 Å². The largest absolute Gasteiger partial charge is 0.368 e. The van der Waals surface area contributed by atoms with Gasteiger partial charge in [0, 0.05) is 31.5 Å². The second kappa shape index (κ2) is 8.45. The van der Waals surface area contributed by atoms with Gasteiger partial charge in [0.15, 0.2) is 0 Å². The van der Waals surface area contributed by atoms with Gasteiger partial charge in [0.2, 0.25) is 0 Å². The van der Waals surface area contributed by atoms with E-state index >= 15 is 0 Å². The third-order valence-electron chi connectivity index (χ3n) is 7.99. The van der Waals surface area contributed by atoms with E-state index in [1.54, 1.807) is 0 Å². The number of amides is 1. The minimum atomic E-state index is -3.56. The summed E-state index contributed by atoms with van der Waals surface area (Å²) in [6.45, 7) is 2.35. The Bertz CT molecular complexity index is 1170. The van der Waals surface area contributed by atoms with Crippen LogP contribution in [0.25, 0.3) is 11.1 Å². The molecule has 1 spiro atoms. The van der Waals surface area contributed by atoms with Crippen LogP contribution in [-0.2, 0) is 26.2 Å². The topological polar surface area (TPSA) is 79.0 Å². The number of benzene rings is 2. The standard InChI is InChI=1S/C26H31N3O4S/c30-25(23-10-15-33-23)29-18-26(11-12-26)24(27-34(31,32)28-13-5-14-28)22(29)17-19-6-4-9-21(16-19)20-7-2-1-3-8-20/h1-4,6-9,16,22-24,27H,5,10-15,17-18H2/t22-,23+,24+/m0/s1. The summed E-state index contributed by atoms with van der Waals surface area (Å²) in [6, 6.07) is 18.1. The lowest BCUT2D eigenvalue weighted by Gasteiger charge is -2.36. The molecule has 34 heavy (non-hydrogen) atoms. The molecule has 0 aromatic heterocycles. The number of carbonyl (C=O) groups excluding carboxylic acids is 1. The third kappa shape index (κ3) is 3.96. The first-order valence-electron chi connectivity index (χ1n) is 12.3. The Kier molecular flexibility index (Phi) is 5.52. The molecule has 2 aromatic rings. The predicted octanol–water partition coefficient (Wildman–Crippen LogP) is 2.58. The quantitative estimate of drug-likeness (QED) is 0.659. The Morgan fingerprint density at radius 3 is 2.41 bits per heavy atom. The van der Waals surface area contributed by atoms with Gasteiger partial charge < -0.3 is 9.64 Å². The molecule has 3 aliphatic heterocycles. The number of hydrogen-bond acceptors (Lipinski definition) is 4. The van der Waals surface area contributed by atoms with Gasteiger partial charge in [-0.3, -0.25) is 4.79 Å². The Labute approximate surface area is 201 Å². The van der Waals surface area contributed by atoms with E-state index in [4.69, 9.17) is 4.74 Å². The van der Waals surface area contributed by atoms with Crippen LogP contribution < -0.4 is 4.72 Å². The molecule has 4 aliphatic rings. The fourth-order valence-corrected chi connectivity index (χ4v) is 7.19. The van der Waals surface area contributed by atoms with Crippen LogP contribution in [0.4, 0.5) is 0 Å². The highest BCUT2D eigenvalue weighted by atomic mass is 32.2. The lowest BCUT2D eigenvalue weighted by atomic mass is 9.91. The van der Waals surface area contributed by atoms with E-state index in [9.17, 15) is 13.2 Å². The van der Waals surface area contributed by atoms with Crippen molar-refractivity contribution in [2.24, 2.45) is 5.41 Å². The Morgan fingerprint density at radius 2 is 1.79 bits per heavy atom. The summed E-state index contributed by atoms with van der Waals surface area (Å²) < 4.78 is 36.3. The van der Waals surface area contributed by atoms with Crippen molar-refractivity contribution in [2.75, 3.05) is 26.2 Å². The number of ether oxygens (including phenoxy) is 1. The van der Waals surface area contributed by atoms with Gasteiger partial charge in [-0.2, -0.15) is 17.4 Å². The van der Waals surface area contributed by atoms with E-state index in [2.05, 4.69) is 35.1 Å². The summed E-state index contributed by atoms with van der Waals surface area (Å²) in [6.07, 6.45) is 3.73. The molecule has 8 heteroatoms. The minimum absolute atomic E-state index is 0.00684. The molecule has 1 amide bonds. The molecule has 4 fully saturated rings. The number of nitrogens with zero attached hydrogens (tertiary/aromatic N) is 2. The molecular weight excluding hydrogens is 450 g/mol. The van der Waals surface area contributed by atoms with Crippen molar-refractivity contribution in [3.8, 4) is 11.1 Å². The van der Waals surface area contributed by atoms with Crippen molar-refractivity contribution in [2.45, 2.75) is 50.3 Å². The highest BCUT2D eigenvalue weighted by molar-refractivity contribution is 7.87. The Hall–Kier alpha value is -2.26.